The van der Waals surface area contributed by atoms with Crippen LogP contribution in [0.25, 0.3) is 0 Å². The highest BCUT2D eigenvalue weighted by molar-refractivity contribution is 6.05. The number of hydrogen-bond acceptors (Lipinski definition) is 2. The van der Waals surface area contributed by atoms with Crippen molar-refractivity contribution in [1.82, 2.24) is 9.55 Å². The minimum absolute atomic E-state index is 0.0497. The van der Waals surface area contributed by atoms with E-state index in [4.69, 9.17) is 0 Å². The first-order valence-corrected chi connectivity index (χ1v) is 5.73. The van der Waals surface area contributed by atoms with Crippen molar-refractivity contribution >= 4 is 5.78 Å². The molecule has 0 N–H and O–H groups in total. The van der Waals surface area contributed by atoms with Gasteiger partial charge in [-0.1, -0.05) is 38.1 Å². The zero-order valence-electron chi connectivity index (χ0n) is 9.92. The second-order valence-corrected chi connectivity index (χ2v) is 5.05. The van der Waals surface area contributed by atoms with Crippen LogP contribution in [0.4, 0.5) is 0 Å². The van der Waals surface area contributed by atoms with Crippen LogP contribution in [-0.4, -0.2) is 15.3 Å². The van der Waals surface area contributed by atoms with E-state index < -0.39 is 5.41 Å². The summed E-state index contributed by atoms with van der Waals surface area (Å²) in [6.45, 7) is 4.00. The summed E-state index contributed by atoms with van der Waals surface area (Å²) in [4.78, 5) is 16.5. The zero-order valence-corrected chi connectivity index (χ0v) is 9.92. The summed E-state index contributed by atoms with van der Waals surface area (Å²) in [6.07, 6.45) is 5.45. The average molecular weight is 226 g/mol. The van der Waals surface area contributed by atoms with E-state index in [1.807, 2.05) is 48.9 Å². The van der Waals surface area contributed by atoms with E-state index >= 15 is 0 Å². The van der Waals surface area contributed by atoms with Gasteiger partial charge in [-0.05, 0) is 5.56 Å². The number of nitrogens with zero attached hydrogens (tertiary/aromatic N) is 2. The Hall–Kier alpha value is -1.90. The predicted octanol–water partition coefficient (Wildman–Crippen LogP) is 2.70. The predicted molar refractivity (Wildman–Crippen MR) is 64.9 cm³/mol. The Balaban J connectivity index is 2.24. The van der Waals surface area contributed by atoms with Gasteiger partial charge in [0.25, 0.3) is 0 Å². The molecule has 17 heavy (non-hydrogen) atoms. The summed E-state index contributed by atoms with van der Waals surface area (Å²) in [5.74, 6) is 0.215. The fraction of sp³-hybridized carbons (Fsp3) is 0.286. The molecule has 3 nitrogen and oxygen atoms in total. The van der Waals surface area contributed by atoms with Crippen molar-refractivity contribution in [3.05, 3.63) is 54.1 Å². The maximum absolute atomic E-state index is 12.4. The van der Waals surface area contributed by atoms with E-state index in [1.165, 1.54) is 0 Å². The summed E-state index contributed by atoms with van der Waals surface area (Å²) in [5.41, 5.74) is 1.53. The highest BCUT2D eigenvalue weighted by Gasteiger charge is 2.46. The second kappa shape index (κ2) is 3.29. The number of carbonyl (C=O) groups excluding carboxylic acids is 1. The van der Waals surface area contributed by atoms with Crippen molar-refractivity contribution < 1.29 is 4.79 Å². The van der Waals surface area contributed by atoms with Crippen LogP contribution in [-0.2, 0) is 0 Å². The monoisotopic (exact) mass is 226 g/mol. The molecule has 1 aromatic carbocycles. The lowest BCUT2D eigenvalue weighted by molar-refractivity contribution is 0.0821. The lowest BCUT2D eigenvalue weighted by atomic mass is 9.84. The Morgan fingerprint density at radius 3 is 2.76 bits per heavy atom. The van der Waals surface area contributed by atoms with E-state index in [1.54, 1.807) is 12.5 Å². The Kier molecular flexibility index (Phi) is 1.99. The van der Waals surface area contributed by atoms with E-state index in [-0.39, 0.29) is 11.8 Å². The molecule has 0 spiro atoms. The van der Waals surface area contributed by atoms with Crippen molar-refractivity contribution in [3.8, 4) is 0 Å². The first-order valence-electron chi connectivity index (χ1n) is 5.73. The molecule has 0 amide bonds. The summed E-state index contributed by atoms with van der Waals surface area (Å²) in [5, 5.41) is 0. The van der Waals surface area contributed by atoms with E-state index in [2.05, 4.69) is 4.98 Å². The number of carbonyl (C=O) groups is 1. The molecular weight excluding hydrogens is 212 g/mol. The number of fused-ring (bicyclic) bond motifs is 1. The van der Waals surface area contributed by atoms with Gasteiger partial charge >= 0.3 is 0 Å². The van der Waals surface area contributed by atoms with Gasteiger partial charge in [-0.25, -0.2) is 4.98 Å². The van der Waals surface area contributed by atoms with Gasteiger partial charge in [0.05, 0.1) is 17.8 Å². The number of Topliss-reactive ketones (excluding diaryl/α,β-unsaturated/α-hetero) is 1. The SMILES string of the molecule is CC1(C)C(=O)c2ccccc2C1n1ccnc1. The van der Waals surface area contributed by atoms with E-state index in [0.717, 1.165) is 11.1 Å². The maximum Gasteiger partial charge on any atom is 0.171 e. The van der Waals surface area contributed by atoms with Crippen LogP contribution < -0.4 is 0 Å². The number of rotatable bonds is 1. The molecule has 1 unspecified atom stereocenters. The average Bonchev–Trinajstić information content (AvgIpc) is 2.87. The lowest BCUT2D eigenvalue weighted by Gasteiger charge is -2.27. The molecule has 0 fully saturated rings. The third-order valence-electron chi connectivity index (χ3n) is 3.59. The summed E-state index contributed by atoms with van der Waals surface area (Å²) >= 11 is 0. The summed E-state index contributed by atoms with van der Waals surface area (Å²) < 4.78 is 2.02. The van der Waals surface area contributed by atoms with Crippen LogP contribution in [0, 0.1) is 5.41 Å². The van der Waals surface area contributed by atoms with E-state index in [0.29, 0.717) is 0 Å². The summed E-state index contributed by atoms with van der Waals surface area (Å²) in [7, 11) is 0. The third-order valence-corrected chi connectivity index (χ3v) is 3.59. The number of hydrogen-bond donors (Lipinski definition) is 0. The number of ketones is 1. The number of benzene rings is 1. The molecule has 0 aliphatic heterocycles. The van der Waals surface area contributed by atoms with Crippen LogP contribution >= 0.6 is 0 Å². The number of aromatic nitrogens is 2. The molecule has 1 heterocycles. The van der Waals surface area contributed by atoms with Gasteiger partial charge < -0.3 is 4.57 Å². The van der Waals surface area contributed by atoms with Gasteiger partial charge in [0.15, 0.2) is 5.78 Å². The fourth-order valence-electron chi connectivity index (χ4n) is 2.76. The lowest BCUT2D eigenvalue weighted by Crippen LogP contribution is -2.28. The van der Waals surface area contributed by atoms with Crippen LogP contribution in [0.15, 0.2) is 43.0 Å². The molecule has 1 aliphatic rings. The normalized spacial score (nSPS) is 21.5. The van der Waals surface area contributed by atoms with Crippen molar-refractivity contribution in [3.63, 3.8) is 0 Å². The van der Waals surface area contributed by atoms with Crippen molar-refractivity contribution in [2.45, 2.75) is 19.9 Å². The minimum Gasteiger partial charge on any atom is -0.329 e. The van der Waals surface area contributed by atoms with Crippen molar-refractivity contribution in [1.29, 1.82) is 0 Å². The van der Waals surface area contributed by atoms with Gasteiger partial charge in [0, 0.05) is 18.0 Å². The molecule has 2 aromatic rings. The molecule has 0 bridgehead atoms. The van der Waals surface area contributed by atoms with Crippen molar-refractivity contribution in [2.24, 2.45) is 5.41 Å². The molecule has 1 atom stereocenters. The molecule has 0 radical (unpaired) electrons. The zero-order chi connectivity index (χ0) is 12.0. The fourth-order valence-corrected chi connectivity index (χ4v) is 2.76. The van der Waals surface area contributed by atoms with Crippen LogP contribution in [0.3, 0.4) is 0 Å². The molecule has 0 saturated heterocycles. The Morgan fingerprint density at radius 1 is 1.29 bits per heavy atom. The largest absolute Gasteiger partial charge is 0.329 e. The smallest absolute Gasteiger partial charge is 0.171 e. The Bertz CT molecular complexity index is 570. The quantitative estimate of drug-likeness (QED) is 0.749. The third kappa shape index (κ3) is 1.28. The Morgan fingerprint density at radius 2 is 2.06 bits per heavy atom. The standard InChI is InChI=1S/C14H14N2O/c1-14(2)12(16-8-7-15-9-16)10-5-3-4-6-11(10)13(14)17/h3-9,12H,1-2H3. The van der Waals surface area contributed by atoms with E-state index in [9.17, 15) is 4.79 Å². The summed E-state index contributed by atoms with van der Waals surface area (Å²) in [6, 6.07) is 7.90. The van der Waals surface area contributed by atoms with Gasteiger partial charge in [-0.2, -0.15) is 0 Å². The van der Waals surface area contributed by atoms with Crippen LogP contribution in [0.2, 0.25) is 0 Å². The van der Waals surface area contributed by atoms with Gasteiger partial charge in [0.1, 0.15) is 0 Å². The molecule has 1 aliphatic carbocycles. The molecule has 0 saturated carbocycles. The molecule has 3 heteroatoms. The first kappa shape index (κ1) is 10.3. The van der Waals surface area contributed by atoms with Crippen LogP contribution in [0.1, 0.15) is 35.8 Å². The minimum atomic E-state index is -0.412. The van der Waals surface area contributed by atoms with Gasteiger partial charge in [-0.3, -0.25) is 4.79 Å². The van der Waals surface area contributed by atoms with Gasteiger partial charge in [0.2, 0.25) is 0 Å². The number of imidazole rings is 1. The molecule has 86 valence electrons. The molecule has 1 aromatic heterocycles. The maximum atomic E-state index is 12.4. The molecule has 3 rings (SSSR count). The highest BCUT2D eigenvalue weighted by atomic mass is 16.1. The van der Waals surface area contributed by atoms with Crippen LogP contribution in [0.5, 0.6) is 0 Å². The molecular formula is C14H14N2O. The highest BCUT2D eigenvalue weighted by Crippen LogP contribution is 2.47. The van der Waals surface area contributed by atoms with Gasteiger partial charge in [-0.15, -0.1) is 0 Å². The second-order valence-electron chi connectivity index (χ2n) is 5.05. The Labute approximate surface area is 100 Å². The topological polar surface area (TPSA) is 34.9 Å². The first-order chi connectivity index (χ1) is 8.12. The van der Waals surface area contributed by atoms with Crippen molar-refractivity contribution in [2.75, 3.05) is 0 Å².